The molecule has 1 aromatic rings. The number of likely N-dealkylation sites (N-methyl/N-ethyl adjacent to an activating group) is 1. The fourth-order valence-corrected chi connectivity index (χ4v) is 3.55. The smallest absolute Gasteiger partial charge is 0.256 e. The SMILES string of the molecule is CN(Cc1ccc(C#N)cc1)C(=O)C1=CN2CCS(=O)(=O)N=C2C=C1. The number of sulfonamides is 1. The van der Waals surface area contributed by atoms with Crippen LogP contribution in [-0.4, -0.2) is 49.3 Å². The molecule has 0 N–H and O–H groups in total. The molecule has 0 bridgehead atoms. The second kappa shape index (κ2) is 6.53. The topological polar surface area (TPSA) is 93.8 Å². The number of benzene rings is 1. The molecule has 7 nitrogen and oxygen atoms in total. The van der Waals surface area contributed by atoms with Crippen LogP contribution >= 0.6 is 0 Å². The molecule has 0 fully saturated rings. The summed E-state index contributed by atoms with van der Waals surface area (Å²) >= 11 is 0. The van der Waals surface area contributed by atoms with Crippen LogP contribution in [0.15, 0.2) is 52.6 Å². The summed E-state index contributed by atoms with van der Waals surface area (Å²) in [4.78, 5) is 15.8. The summed E-state index contributed by atoms with van der Waals surface area (Å²) in [5, 5.41) is 8.81. The van der Waals surface area contributed by atoms with Crippen LogP contribution in [0, 0.1) is 11.3 Å². The number of carbonyl (C=O) groups excluding carboxylic acids is 1. The number of hydrogen-bond donors (Lipinski definition) is 0. The molecule has 0 aromatic heterocycles. The average Bonchev–Trinajstić information content (AvgIpc) is 2.60. The van der Waals surface area contributed by atoms with E-state index in [2.05, 4.69) is 10.5 Å². The molecule has 128 valence electrons. The highest BCUT2D eigenvalue weighted by atomic mass is 32.2. The normalized spacial score (nSPS) is 17.8. The predicted molar refractivity (Wildman–Crippen MR) is 92.8 cm³/mol. The largest absolute Gasteiger partial charge is 0.337 e. The van der Waals surface area contributed by atoms with Gasteiger partial charge in [-0.25, -0.2) is 8.42 Å². The third-order valence-corrected chi connectivity index (χ3v) is 5.08. The average molecular weight is 356 g/mol. The molecule has 0 saturated heterocycles. The molecule has 0 spiro atoms. The minimum Gasteiger partial charge on any atom is -0.337 e. The van der Waals surface area contributed by atoms with Crippen molar-refractivity contribution in [2.45, 2.75) is 6.54 Å². The Hall–Kier alpha value is -2.92. The lowest BCUT2D eigenvalue weighted by atomic mass is 10.1. The highest BCUT2D eigenvalue weighted by Crippen LogP contribution is 2.18. The Bertz CT molecular complexity index is 937. The van der Waals surface area contributed by atoms with Gasteiger partial charge in [0.1, 0.15) is 5.84 Å². The zero-order valence-corrected chi connectivity index (χ0v) is 14.4. The van der Waals surface area contributed by atoms with Gasteiger partial charge in [-0.3, -0.25) is 4.79 Å². The molecule has 25 heavy (non-hydrogen) atoms. The molecule has 1 amide bonds. The zero-order valence-electron chi connectivity index (χ0n) is 13.6. The van der Waals surface area contributed by atoms with Crippen LogP contribution in [0.4, 0.5) is 0 Å². The number of amides is 1. The molecule has 0 atom stereocenters. The summed E-state index contributed by atoms with van der Waals surface area (Å²) in [6, 6.07) is 9.11. The number of carbonyl (C=O) groups is 1. The maximum atomic E-state index is 12.6. The van der Waals surface area contributed by atoms with Crippen molar-refractivity contribution in [1.82, 2.24) is 9.80 Å². The van der Waals surface area contributed by atoms with Gasteiger partial charge in [0, 0.05) is 26.3 Å². The van der Waals surface area contributed by atoms with Gasteiger partial charge in [-0.1, -0.05) is 12.1 Å². The molecule has 2 aliphatic heterocycles. The lowest BCUT2D eigenvalue weighted by Crippen LogP contribution is -2.38. The number of hydrogen-bond acceptors (Lipinski definition) is 5. The molecule has 1 aromatic carbocycles. The van der Waals surface area contributed by atoms with Crippen molar-refractivity contribution in [3.63, 3.8) is 0 Å². The second-order valence-electron chi connectivity index (χ2n) is 5.82. The van der Waals surface area contributed by atoms with Crippen LogP contribution in [0.3, 0.4) is 0 Å². The number of nitriles is 1. The van der Waals surface area contributed by atoms with E-state index in [1.54, 1.807) is 47.3 Å². The molecule has 0 unspecified atom stereocenters. The molecule has 2 aliphatic rings. The van der Waals surface area contributed by atoms with Crippen molar-refractivity contribution >= 4 is 21.8 Å². The third kappa shape index (κ3) is 3.78. The quantitative estimate of drug-likeness (QED) is 0.806. The first-order valence-electron chi connectivity index (χ1n) is 7.62. The Morgan fingerprint density at radius 1 is 1.32 bits per heavy atom. The Labute approximate surface area is 146 Å². The number of amidine groups is 1. The first-order chi connectivity index (χ1) is 11.9. The maximum absolute atomic E-state index is 12.6. The third-order valence-electron chi connectivity index (χ3n) is 3.92. The fourth-order valence-electron chi connectivity index (χ4n) is 2.58. The van der Waals surface area contributed by atoms with E-state index in [0.717, 1.165) is 5.56 Å². The standard InChI is InChI=1S/C17H16N4O3S/c1-20(11-14-4-2-13(10-18)3-5-14)17(22)15-6-7-16-19-25(23,24)9-8-21(16)12-15/h2-7,12H,8-9,11H2,1H3. The fraction of sp³-hybridized carbons (Fsp3) is 0.235. The van der Waals surface area contributed by atoms with Crippen molar-refractivity contribution in [1.29, 1.82) is 5.26 Å². The maximum Gasteiger partial charge on any atom is 0.256 e. The van der Waals surface area contributed by atoms with E-state index in [9.17, 15) is 13.2 Å². The summed E-state index contributed by atoms with van der Waals surface area (Å²) in [6.45, 7) is 0.687. The lowest BCUT2D eigenvalue weighted by molar-refractivity contribution is -0.126. The van der Waals surface area contributed by atoms with E-state index in [1.165, 1.54) is 0 Å². The van der Waals surface area contributed by atoms with Crippen molar-refractivity contribution in [3.8, 4) is 6.07 Å². The molecular weight excluding hydrogens is 340 g/mol. The van der Waals surface area contributed by atoms with Crippen molar-refractivity contribution in [2.75, 3.05) is 19.3 Å². The summed E-state index contributed by atoms with van der Waals surface area (Å²) in [5.41, 5.74) is 1.96. The Morgan fingerprint density at radius 3 is 2.72 bits per heavy atom. The van der Waals surface area contributed by atoms with E-state index in [1.807, 2.05) is 12.1 Å². The Kier molecular flexibility index (Phi) is 4.42. The summed E-state index contributed by atoms with van der Waals surface area (Å²) in [5.74, 6) is 0.0919. The number of fused-ring (bicyclic) bond motifs is 1. The van der Waals surface area contributed by atoms with E-state index < -0.39 is 10.0 Å². The Balaban J connectivity index is 1.72. The van der Waals surface area contributed by atoms with E-state index in [0.29, 0.717) is 23.5 Å². The zero-order chi connectivity index (χ0) is 18.0. The number of nitrogens with zero attached hydrogens (tertiary/aromatic N) is 4. The van der Waals surface area contributed by atoms with Crippen molar-refractivity contribution < 1.29 is 13.2 Å². The van der Waals surface area contributed by atoms with Crippen LogP contribution in [0.1, 0.15) is 11.1 Å². The second-order valence-corrected chi connectivity index (χ2v) is 7.57. The van der Waals surface area contributed by atoms with Gasteiger partial charge < -0.3 is 9.80 Å². The van der Waals surface area contributed by atoms with Gasteiger partial charge in [-0.05, 0) is 29.8 Å². The molecule has 0 aliphatic carbocycles. The predicted octanol–water partition coefficient (Wildman–Crippen LogP) is 1.01. The van der Waals surface area contributed by atoms with E-state index >= 15 is 0 Å². The highest BCUT2D eigenvalue weighted by molar-refractivity contribution is 7.90. The van der Waals surface area contributed by atoms with Gasteiger partial charge in [0.05, 0.1) is 23.0 Å². The molecule has 0 radical (unpaired) electrons. The molecule has 2 heterocycles. The minimum atomic E-state index is -3.41. The van der Waals surface area contributed by atoms with E-state index in [4.69, 9.17) is 5.26 Å². The van der Waals surface area contributed by atoms with Gasteiger partial charge in [0.25, 0.3) is 15.9 Å². The monoisotopic (exact) mass is 356 g/mol. The minimum absolute atomic E-state index is 0.0661. The first kappa shape index (κ1) is 16.9. The van der Waals surface area contributed by atoms with Crippen molar-refractivity contribution in [3.05, 3.63) is 59.3 Å². The summed E-state index contributed by atoms with van der Waals surface area (Å²) in [7, 11) is -1.71. The lowest BCUT2D eigenvalue weighted by Gasteiger charge is -2.28. The van der Waals surface area contributed by atoms with Gasteiger partial charge >= 0.3 is 0 Å². The first-order valence-corrected chi connectivity index (χ1v) is 9.22. The molecule has 3 rings (SSSR count). The van der Waals surface area contributed by atoms with Crippen LogP contribution in [0.25, 0.3) is 0 Å². The van der Waals surface area contributed by atoms with Gasteiger partial charge in [-0.15, -0.1) is 4.40 Å². The van der Waals surface area contributed by atoms with Crippen LogP contribution < -0.4 is 0 Å². The summed E-state index contributed by atoms with van der Waals surface area (Å²) in [6.07, 6.45) is 4.75. The van der Waals surface area contributed by atoms with Crippen LogP contribution in [-0.2, 0) is 21.4 Å². The van der Waals surface area contributed by atoms with Gasteiger partial charge in [-0.2, -0.15) is 5.26 Å². The molecule has 8 heteroatoms. The summed E-state index contributed by atoms with van der Waals surface area (Å²) < 4.78 is 26.7. The molecule has 0 saturated carbocycles. The van der Waals surface area contributed by atoms with Crippen molar-refractivity contribution in [2.24, 2.45) is 4.40 Å². The van der Waals surface area contributed by atoms with Gasteiger partial charge in [0.15, 0.2) is 0 Å². The molecular formula is C17H16N4O3S. The Morgan fingerprint density at radius 2 is 2.04 bits per heavy atom. The van der Waals surface area contributed by atoms with E-state index in [-0.39, 0.29) is 18.2 Å². The highest BCUT2D eigenvalue weighted by Gasteiger charge is 2.25. The van der Waals surface area contributed by atoms with Crippen LogP contribution in [0.5, 0.6) is 0 Å². The van der Waals surface area contributed by atoms with Crippen LogP contribution in [0.2, 0.25) is 0 Å². The van der Waals surface area contributed by atoms with Gasteiger partial charge in [0.2, 0.25) is 0 Å². The number of rotatable bonds is 3.